The lowest BCUT2D eigenvalue weighted by Gasteiger charge is -2.25. The number of benzene rings is 1. The molecule has 0 spiro atoms. The predicted octanol–water partition coefficient (Wildman–Crippen LogP) is 8.89. The Morgan fingerprint density at radius 1 is 1.07 bits per heavy atom. The molecule has 0 bridgehead atoms. The first-order valence-corrected chi connectivity index (χ1v) is 11.3. The van der Waals surface area contributed by atoms with Gasteiger partial charge in [0.2, 0.25) is 0 Å². The molecule has 0 aliphatic heterocycles. The van der Waals surface area contributed by atoms with Crippen LogP contribution in [0.1, 0.15) is 75.1 Å². The molecule has 1 aromatic carbocycles. The average molecular weight is 401 g/mol. The fourth-order valence-electron chi connectivity index (χ4n) is 4.72. The largest absolute Gasteiger partial charge is 0.102 e. The highest BCUT2D eigenvalue weighted by Crippen LogP contribution is 2.35. The molecule has 1 aromatic rings. The molecule has 1 aliphatic rings. The molecule has 0 amide bonds. The highest BCUT2D eigenvalue weighted by Gasteiger charge is 2.20. The summed E-state index contributed by atoms with van der Waals surface area (Å²) in [6.45, 7) is 25.9. The van der Waals surface area contributed by atoms with E-state index in [2.05, 4.69) is 97.7 Å². The van der Waals surface area contributed by atoms with Gasteiger partial charge in [-0.3, -0.25) is 0 Å². The maximum Gasteiger partial charge on any atom is 0.00585 e. The Hall–Kier alpha value is -2.34. The second-order valence-electron chi connectivity index (χ2n) is 9.00. The summed E-state index contributed by atoms with van der Waals surface area (Å²) in [6.07, 6.45) is 13.3. The van der Waals surface area contributed by atoms with Crippen molar-refractivity contribution in [3.8, 4) is 0 Å². The van der Waals surface area contributed by atoms with E-state index in [1.165, 1.54) is 51.8 Å². The molecule has 0 saturated heterocycles. The van der Waals surface area contributed by atoms with Crippen LogP contribution in [0.5, 0.6) is 0 Å². The van der Waals surface area contributed by atoms with Crippen LogP contribution >= 0.6 is 0 Å². The minimum absolute atomic E-state index is 0.255. The zero-order valence-electron chi connectivity index (χ0n) is 20.1. The van der Waals surface area contributed by atoms with Crippen LogP contribution < -0.4 is 0 Å². The third kappa shape index (κ3) is 5.63. The Morgan fingerprint density at radius 3 is 2.27 bits per heavy atom. The Morgan fingerprint density at radius 2 is 1.70 bits per heavy atom. The average Bonchev–Trinajstić information content (AvgIpc) is 2.69. The van der Waals surface area contributed by atoms with Crippen LogP contribution in [0, 0.1) is 19.8 Å². The van der Waals surface area contributed by atoms with E-state index < -0.39 is 0 Å². The normalized spacial score (nSPS) is 16.4. The van der Waals surface area contributed by atoms with Crippen LogP contribution in [0.4, 0.5) is 0 Å². The molecule has 30 heavy (non-hydrogen) atoms. The Kier molecular flexibility index (Phi) is 8.47. The monoisotopic (exact) mass is 400 g/mol. The fraction of sp³-hybridized carbons (Fsp3) is 0.400. The van der Waals surface area contributed by atoms with Gasteiger partial charge in [0, 0.05) is 5.92 Å². The van der Waals surface area contributed by atoms with Gasteiger partial charge in [-0.05, 0) is 105 Å². The first-order chi connectivity index (χ1) is 14.2. The molecule has 160 valence electrons. The molecule has 0 aromatic heterocycles. The Bertz CT molecular complexity index is 914. The van der Waals surface area contributed by atoms with E-state index >= 15 is 0 Å². The maximum absolute atomic E-state index is 4.38. The summed E-state index contributed by atoms with van der Waals surface area (Å²) in [5, 5.41) is 0. The summed E-state index contributed by atoms with van der Waals surface area (Å²) >= 11 is 0. The molecule has 2 unspecified atom stereocenters. The van der Waals surface area contributed by atoms with Gasteiger partial charge in [-0.25, -0.2) is 0 Å². The second-order valence-corrected chi connectivity index (χ2v) is 9.00. The van der Waals surface area contributed by atoms with Gasteiger partial charge in [-0.15, -0.1) is 6.58 Å². The predicted molar refractivity (Wildman–Crippen MR) is 135 cm³/mol. The van der Waals surface area contributed by atoms with E-state index in [9.17, 15) is 0 Å². The van der Waals surface area contributed by atoms with Gasteiger partial charge in [-0.2, -0.15) is 0 Å². The smallest absolute Gasteiger partial charge is 0.00585 e. The highest BCUT2D eigenvalue weighted by molar-refractivity contribution is 5.47. The lowest BCUT2D eigenvalue weighted by atomic mass is 9.80. The summed E-state index contributed by atoms with van der Waals surface area (Å²) in [7, 11) is 0. The van der Waals surface area contributed by atoms with E-state index in [0.29, 0.717) is 5.92 Å². The Balaban J connectivity index is 2.38. The van der Waals surface area contributed by atoms with Gasteiger partial charge in [0.1, 0.15) is 0 Å². The van der Waals surface area contributed by atoms with Crippen molar-refractivity contribution < 1.29 is 0 Å². The highest BCUT2D eigenvalue weighted by atomic mass is 14.2. The molecule has 0 nitrogen and oxygen atoms in total. The van der Waals surface area contributed by atoms with E-state index in [0.717, 1.165) is 24.0 Å². The standard InChI is InChI=1S/C30H40/c1-10-26(17-24(8)28(11-2)20(3)4)30-19-23(7)22(6)16-27(30)18-25(9)29-15-13-12-14-21(29)5/h10-11,14-16,19,25-26H,1,3,8,12-13,17-18H2,2,4-7,9H3/b28-11-. The maximum atomic E-state index is 4.38. The van der Waals surface area contributed by atoms with Crippen molar-refractivity contribution >= 4 is 0 Å². The molecule has 2 atom stereocenters. The van der Waals surface area contributed by atoms with E-state index in [4.69, 9.17) is 0 Å². The quantitative estimate of drug-likeness (QED) is 0.287. The van der Waals surface area contributed by atoms with Gasteiger partial charge in [0.15, 0.2) is 0 Å². The summed E-state index contributed by atoms with van der Waals surface area (Å²) in [5.74, 6) is 0.767. The minimum atomic E-state index is 0.255. The van der Waals surface area contributed by atoms with Crippen LogP contribution in [0.15, 0.2) is 84.0 Å². The van der Waals surface area contributed by atoms with E-state index in [1.807, 2.05) is 0 Å². The number of hydrogen-bond donors (Lipinski definition) is 0. The summed E-state index contributed by atoms with van der Waals surface area (Å²) < 4.78 is 0. The van der Waals surface area contributed by atoms with E-state index in [1.54, 1.807) is 0 Å². The summed E-state index contributed by atoms with van der Waals surface area (Å²) in [5.41, 5.74) is 11.9. The number of allylic oxidation sites excluding steroid dienone is 9. The first kappa shape index (κ1) is 23.9. The van der Waals surface area contributed by atoms with Gasteiger partial charge >= 0.3 is 0 Å². The van der Waals surface area contributed by atoms with Crippen molar-refractivity contribution in [2.75, 3.05) is 0 Å². The molecule has 0 N–H and O–H groups in total. The fourth-order valence-corrected chi connectivity index (χ4v) is 4.72. The summed E-state index contributed by atoms with van der Waals surface area (Å²) in [4.78, 5) is 0. The van der Waals surface area contributed by atoms with Gasteiger partial charge in [0.05, 0.1) is 0 Å². The zero-order valence-corrected chi connectivity index (χ0v) is 20.1. The van der Waals surface area contributed by atoms with Crippen molar-refractivity contribution in [3.63, 3.8) is 0 Å². The van der Waals surface area contributed by atoms with Crippen LogP contribution in [0.25, 0.3) is 0 Å². The van der Waals surface area contributed by atoms with Crippen LogP contribution in [-0.4, -0.2) is 0 Å². The van der Waals surface area contributed by atoms with Crippen LogP contribution in [0.2, 0.25) is 0 Å². The van der Waals surface area contributed by atoms with Crippen molar-refractivity contribution in [2.45, 2.75) is 73.1 Å². The van der Waals surface area contributed by atoms with Crippen molar-refractivity contribution in [1.82, 2.24) is 0 Å². The molecular formula is C30H40. The first-order valence-electron chi connectivity index (χ1n) is 11.3. The number of hydrogen-bond acceptors (Lipinski definition) is 0. The zero-order chi connectivity index (χ0) is 22.4. The van der Waals surface area contributed by atoms with Gasteiger partial charge < -0.3 is 0 Å². The topological polar surface area (TPSA) is 0 Å². The Labute approximate surface area is 185 Å². The minimum Gasteiger partial charge on any atom is -0.102 e. The molecule has 1 aliphatic carbocycles. The lowest BCUT2D eigenvalue weighted by Crippen LogP contribution is -2.11. The van der Waals surface area contributed by atoms with Crippen molar-refractivity contribution in [2.24, 2.45) is 5.92 Å². The van der Waals surface area contributed by atoms with Crippen LogP contribution in [-0.2, 0) is 6.42 Å². The molecule has 0 saturated carbocycles. The SMILES string of the molecule is C=CC(CC(=C)/C(=C\C)C(=C)C)c1cc(C)c(C)cc1CC(C)C1=CCCC=C1C. The third-order valence-electron chi connectivity index (χ3n) is 6.53. The van der Waals surface area contributed by atoms with Crippen molar-refractivity contribution in [3.05, 3.63) is 106 Å². The molecule has 0 heteroatoms. The molecular weight excluding hydrogens is 360 g/mol. The third-order valence-corrected chi connectivity index (χ3v) is 6.53. The molecule has 2 rings (SSSR count). The lowest BCUT2D eigenvalue weighted by molar-refractivity contribution is 0.662. The number of rotatable bonds is 9. The van der Waals surface area contributed by atoms with Crippen LogP contribution in [0.3, 0.4) is 0 Å². The van der Waals surface area contributed by atoms with Crippen molar-refractivity contribution in [1.29, 1.82) is 0 Å². The number of aryl methyl sites for hydroxylation is 2. The second kappa shape index (κ2) is 10.6. The summed E-state index contributed by atoms with van der Waals surface area (Å²) in [6, 6.07) is 4.78. The molecule has 0 radical (unpaired) electrons. The molecule has 0 heterocycles. The molecule has 0 fully saturated rings. The van der Waals surface area contributed by atoms with Gasteiger partial charge in [0.25, 0.3) is 0 Å². The van der Waals surface area contributed by atoms with E-state index in [-0.39, 0.29) is 5.92 Å². The van der Waals surface area contributed by atoms with Gasteiger partial charge in [-0.1, -0.05) is 67.7 Å².